The molecule has 0 radical (unpaired) electrons. The van der Waals surface area contributed by atoms with Crippen molar-refractivity contribution < 1.29 is 18.6 Å². The van der Waals surface area contributed by atoms with Gasteiger partial charge < -0.3 is 4.42 Å². The van der Waals surface area contributed by atoms with Crippen LogP contribution in [0.3, 0.4) is 0 Å². The monoisotopic (exact) mass is 601 g/mol. The Hall–Kier alpha value is -4.17. The molecule has 6 rings (SSSR count). The van der Waals surface area contributed by atoms with Crippen molar-refractivity contribution in [1.29, 1.82) is 0 Å². The van der Waals surface area contributed by atoms with Gasteiger partial charge >= 0.3 is 0 Å². The van der Waals surface area contributed by atoms with Crippen LogP contribution in [0.2, 0.25) is 0 Å². The molecule has 45 heavy (non-hydrogen) atoms. The fourth-order valence-electron chi connectivity index (χ4n) is 6.36. The average molecular weight is 602 g/mol. The fourth-order valence-corrected chi connectivity index (χ4v) is 6.36. The van der Waals surface area contributed by atoms with Gasteiger partial charge in [0.25, 0.3) is 0 Å². The SMILES string of the molecule is [2H]C([2H])([2H])c1c[n+](C)c(-c2c(C)ccc3c2oc2cc(-c4c(C([2H])(C)C)cc(-c5ccccc5)cc4C([2H])(C)C)ccc23)cc1C([2H])([2H])C(C)(C)C. The van der Waals surface area contributed by atoms with Crippen molar-refractivity contribution in [3.05, 3.63) is 113 Å². The third-order valence-electron chi connectivity index (χ3n) is 8.50. The van der Waals surface area contributed by atoms with Gasteiger partial charge in [-0.15, -0.1) is 0 Å². The standard InChI is InChI=1S/C43H48NO/c1-26(2)36-20-32(30-14-12-11-13-15-30)21-37(27(3)4)41(36)31-17-19-34-35-18-16-28(5)40(42(35)45-39(34)23-31)38-22-33(24-43(7,8)9)29(6)25-44(38)10/h11-23,25-27H,24H2,1-10H3/q+1/i6D3,24D2,26D,27D. The quantitative estimate of drug-likeness (QED) is 0.174. The minimum absolute atomic E-state index is 0.0164. The smallest absolute Gasteiger partial charge is 0.216 e. The van der Waals surface area contributed by atoms with E-state index in [0.29, 0.717) is 16.9 Å². The highest BCUT2D eigenvalue weighted by atomic mass is 16.3. The van der Waals surface area contributed by atoms with Crippen molar-refractivity contribution in [2.75, 3.05) is 0 Å². The second kappa shape index (κ2) is 11.6. The molecule has 0 amide bonds. The second-order valence-electron chi connectivity index (χ2n) is 13.7. The van der Waals surface area contributed by atoms with Crippen molar-refractivity contribution in [3.8, 4) is 33.5 Å². The number of hydrogen-bond donors (Lipinski definition) is 0. The van der Waals surface area contributed by atoms with E-state index in [1.807, 2.05) is 95.3 Å². The van der Waals surface area contributed by atoms with Gasteiger partial charge in [0.1, 0.15) is 18.2 Å². The lowest BCUT2D eigenvalue weighted by Gasteiger charge is -2.22. The maximum Gasteiger partial charge on any atom is 0.216 e. The van der Waals surface area contributed by atoms with Crippen LogP contribution in [0.15, 0.2) is 89.5 Å². The normalized spacial score (nSPS) is 15.6. The van der Waals surface area contributed by atoms with Crippen LogP contribution in [-0.2, 0) is 13.4 Å². The molecule has 2 heterocycles. The maximum absolute atomic E-state index is 9.25. The van der Waals surface area contributed by atoms with Gasteiger partial charge in [-0.3, -0.25) is 0 Å². The summed E-state index contributed by atoms with van der Waals surface area (Å²) in [4.78, 5) is 0. The molecule has 230 valence electrons. The molecule has 0 saturated carbocycles. The van der Waals surface area contributed by atoms with Crippen molar-refractivity contribution in [3.63, 3.8) is 0 Å². The predicted octanol–water partition coefficient (Wildman–Crippen LogP) is 11.9. The van der Waals surface area contributed by atoms with Crippen LogP contribution < -0.4 is 4.57 Å². The molecule has 6 aromatic rings. The summed E-state index contributed by atoms with van der Waals surface area (Å²) >= 11 is 0. The van der Waals surface area contributed by atoms with Crippen LogP contribution in [0.5, 0.6) is 0 Å². The molecule has 0 aliphatic rings. The van der Waals surface area contributed by atoms with E-state index in [1.165, 1.54) is 6.20 Å². The summed E-state index contributed by atoms with van der Waals surface area (Å²) < 4.78 is 70.1. The molecular weight excluding hydrogens is 546 g/mol. The summed E-state index contributed by atoms with van der Waals surface area (Å²) in [5, 5.41) is 1.77. The molecule has 0 saturated heterocycles. The third-order valence-corrected chi connectivity index (χ3v) is 8.50. The van der Waals surface area contributed by atoms with E-state index < -0.39 is 30.4 Å². The number of aryl methyl sites for hydroxylation is 3. The van der Waals surface area contributed by atoms with Crippen LogP contribution in [0.4, 0.5) is 0 Å². The Balaban J connectivity index is 1.63. The zero-order valence-corrected chi connectivity index (χ0v) is 27.9. The van der Waals surface area contributed by atoms with Gasteiger partial charge in [-0.1, -0.05) is 109 Å². The molecule has 4 aromatic carbocycles. The van der Waals surface area contributed by atoms with Crippen LogP contribution >= 0.6 is 0 Å². The topological polar surface area (TPSA) is 17.0 Å². The molecular formula is C43H48NO+. The lowest BCUT2D eigenvalue weighted by atomic mass is 9.82. The summed E-state index contributed by atoms with van der Waals surface area (Å²) in [6.07, 6.45) is -0.416. The number of benzene rings is 4. The molecule has 0 spiro atoms. The lowest BCUT2D eigenvalue weighted by Crippen LogP contribution is -2.32. The number of hydrogen-bond acceptors (Lipinski definition) is 1. The van der Waals surface area contributed by atoms with Gasteiger partial charge in [0, 0.05) is 32.0 Å². The number of nitrogens with zero attached hydrogens (tertiary/aromatic N) is 1. The van der Waals surface area contributed by atoms with Crippen molar-refractivity contribution in [1.82, 2.24) is 0 Å². The Kier molecular flexibility index (Phi) is 6.00. The first-order chi connectivity index (χ1) is 23.9. The second-order valence-corrected chi connectivity index (χ2v) is 13.7. The summed E-state index contributed by atoms with van der Waals surface area (Å²) in [6.45, 7) is 12.3. The minimum atomic E-state index is -2.51. The number of pyridine rings is 1. The molecule has 0 aliphatic heterocycles. The lowest BCUT2D eigenvalue weighted by molar-refractivity contribution is -0.660. The van der Waals surface area contributed by atoms with Crippen molar-refractivity contribution in [2.45, 2.75) is 80.4 Å². The Morgan fingerprint density at radius 1 is 0.778 bits per heavy atom. The number of furan rings is 1. The zero-order valence-electron chi connectivity index (χ0n) is 34.9. The molecule has 0 N–H and O–H groups in total. The van der Waals surface area contributed by atoms with E-state index in [9.17, 15) is 2.74 Å². The molecule has 0 unspecified atom stereocenters. The number of aromatic nitrogens is 1. The molecule has 2 aromatic heterocycles. The maximum atomic E-state index is 9.25. The van der Waals surface area contributed by atoms with E-state index in [0.717, 1.165) is 55.3 Å². The highest BCUT2D eigenvalue weighted by Crippen LogP contribution is 2.43. The van der Waals surface area contributed by atoms with Gasteiger partial charge in [0.15, 0.2) is 6.20 Å². The zero-order chi connectivity index (χ0) is 38.3. The summed E-state index contributed by atoms with van der Waals surface area (Å²) in [7, 11) is 1.79. The van der Waals surface area contributed by atoms with Gasteiger partial charge in [-0.2, -0.15) is 0 Å². The van der Waals surface area contributed by atoms with E-state index >= 15 is 0 Å². The van der Waals surface area contributed by atoms with E-state index in [1.54, 1.807) is 38.5 Å². The van der Waals surface area contributed by atoms with Gasteiger partial charge in [0.2, 0.25) is 5.69 Å². The molecule has 2 nitrogen and oxygen atoms in total. The average Bonchev–Trinajstić information content (AvgIpc) is 3.40. The predicted molar refractivity (Wildman–Crippen MR) is 192 cm³/mol. The number of rotatable bonds is 6. The van der Waals surface area contributed by atoms with E-state index in [2.05, 4.69) is 12.1 Å². The van der Waals surface area contributed by atoms with E-state index in [-0.39, 0.29) is 11.1 Å². The van der Waals surface area contributed by atoms with E-state index in [4.69, 9.17) is 11.3 Å². The molecule has 0 aliphatic carbocycles. The molecule has 2 heteroatoms. The molecule has 0 atom stereocenters. The fraction of sp³-hybridized carbons (Fsp3) is 0.326. The first-order valence-corrected chi connectivity index (χ1v) is 15.7. The van der Waals surface area contributed by atoms with Gasteiger partial charge in [-0.25, -0.2) is 4.57 Å². The van der Waals surface area contributed by atoms with Gasteiger partial charge in [-0.05, 0) is 94.0 Å². The Morgan fingerprint density at radius 2 is 1.44 bits per heavy atom. The van der Waals surface area contributed by atoms with Crippen LogP contribution in [0.25, 0.3) is 55.4 Å². The molecule has 0 fully saturated rings. The summed E-state index contributed by atoms with van der Waals surface area (Å²) in [5.74, 6) is -1.95. The first-order valence-electron chi connectivity index (χ1n) is 19.2. The van der Waals surface area contributed by atoms with Gasteiger partial charge in [0.05, 0.1) is 5.56 Å². The van der Waals surface area contributed by atoms with Crippen LogP contribution in [-0.4, -0.2) is 0 Å². The largest absolute Gasteiger partial charge is 0.455 e. The minimum Gasteiger partial charge on any atom is -0.455 e. The van der Waals surface area contributed by atoms with Crippen molar-refractivity contribution >= 4 is 21.9 Å². The van der Waals surface area contributed by atoms with Crippen LogP contribution in [0.1, 0.15) is 97.7 Å². The van der Waals surface area contributed by atoms with Crippen molar-refractivity contribution in [2.24, 2.45) is 12.5 Å². The first kappa shape index (κ1) is 23.2. The molecule has 0 bridgehead atoms. The summed E-state index contributed by atoms with van der Waals surface area (Å²) in [5.41, 5.74) is 8.13. The highest BCUT2D eigenvalue weighted by Gasteiger charge is 2.25. The third kappa shape index (κ3) is 5.84. The number of fused-ring (bicyclic) bond motifs is 3. The Morgan fingerprint density at radius 3 is 2.07 bits per heavy atom. The van der Waals surface area contributed by atoms with Crippen LogP contribution in [0, 0.1) is 19.2 Å². The summed E-state index contributed by atoms with van der Waals surface area (Å²) in [6, 6.07) is 26.0. The highest BCUT2D eigenvalue weighted by molar-refractivity contribution is 6.10. The Bertz CT molecular complexity index is 2300. The Labute approximate surface area is 279 Å².